The van der Waals surface area contributed by atoms with Crippen molar-refractivity contribution in [3.8, 4) is 0 Å². The molecule has 0 fully saturated rings. The molecule has 0 radical (unpaired) electrons. The van der Waals surface area contributed by atoms with Gasteiger partial charge in [-0.15, -0.1) is 0 Å². The number of fused-ring (bicyclic) bond motifs is 3. The molecule has 0 aliphatic heterocycles. The molecule has 0 saturated carbocycles. The largest absolute Gasteiger partial charge is 0.300 e. The highest BCUT2D eigenvalue weighted by molar-refractivity contribution is 5.68. The molecular weight excluding hydrogens is 208 g/mol. The van der Waals surface area contributed by atoms with Crippen molar-refractivity contribution in [2.45, 2.75) is 39.0 Å². The van der Waals surface area contributed by atoms with E-state index in [1.807, 2.05) is 6.07 Å². The van der Waals surface area contributed by atoms with Gasteiger partial charge in [0.25, 0.3) is 0 Å². The predicted octanol–water partition coefficient (Wildman–Crippen LogP) is 3.81. The quantitative estimate of drug-likeness (QED) is 0.667. The van der Waals surface area contributed by atoms with Gasteiger partial charge in [-0.2, -0.15) is 0 Å². The maximum atomic E-state index is 4.84. The monoisotopic (exact) mass is 226 g/mol. The summed E-state index contributed by atoms with van der Waals surface area (Å²) in [6.07, 6.45) is 6.76. The molecule has 88 valence electrons. The molecule has 2 heterocycles. The zero-order valence-electron chi connectivity index (χ0n) is 10.7. The first-order valence-electron chi connectivity index (χ1n) is 6.24. The lowest BCUT2D eigenvalue weighted by Gasteiger charge is -2.21. The van der Waals surface area contributed by atoms with Crippen molar-refractivity contribution in [1.82, 2.24) is 9.38 Å². The summed E-state index contributed by atoms with van der Waals surface area (Å²) >= 11 is 0. The molecular formula is C15H18N2. The highest BCUT2D eigenvalue weighted by Crippen LogP contribution is 2.37. The average Bonchev–Trinajstić information content (AvgIpc) is 2.63. The van der Waals surface area contributed by atoms with Crippen molar-refractivity contribution >= 4 is 11.2 Å². The van der Waals surface area contributed by atoms with E-state index in [-0.39, 0.29) is 5.41 Å². The Bertz CT molecular complexity index is 602. The smallest absolute Gasteiger partial charge is 0.137 e. The Balaban J connectivity index is 2.40. The average molecular weight is 226 g/mol. The fraction of sp³-hybridized carbons (Fsp3) is 0.400. The summed E-state index contributed by atoms with van der Waals surface area (Å²) in [6.45, 7) is 6.79. The second kappa shape index (κ2) is 3.46. The fourth-order valence-electron chi connectivity index (χ4n) is 2.71. The van der Waals surface area contributed by atoms with E-state index < -0.39 is 0 Å². The number of aromatic nitrogens is 2. The van der Waals surface area contributed by atoms with E-state index in [9.17, 15) is 0 Å². The van der Waals surface area contributed by atoms with Crippen molar-refractivity contribution in [2.24, 2.45) is 0 Å². The lowest BCUT2D eigenvalue weighted by molar-refractivity contribution is 0.475. The summed E-state index contributed by atoms with van der Waals surface area (Å²) in [5.41, 5.74) is 5.11. The van der Waals surface area contributed by atoms with E-state index in [2.05, 4.69) is 49.6 Å². The summed E-state index contributed by atoms with van der Waals surface area (Å²) in [5, 5.41) is 0. The molecule has 0 unspecified atom stereocenters. The number of hydrogen-bond acceptors (Lipinski definition) is 1. The molecule has 0 atom stereocenters. The molecule has 1 aliphatic rings. The molecule has 1 aliphatic carbocycles. The summed E-state index contributed by atoms with van der Waals surface area (Å²) in [5.74, 6) is 0. The SMILES string of the molecule is CC1=CCCC(C)(C)c2nc3ccccn3c21. The number of allylic oxidation sites excluding steroid dienone is 2. The molecule has 17 heavy (non-hydrogen) atoms. The summed E-state index contributed by atoms with van der Waals surface area (Å²) in [4.78, 5) is 4.84. The highest BCUT2D eigenvalue weighted by atomic mass is 15.0. The molecule has 0 bridgehead atoms. The molecule has 2 heteroatoms. The number of rotatable bonds is 0. The Hall–Kier alpha value is -1.57. The van der Waals surface area contributed by atoms with Crippen molar-refractivity contribution in [3.63, 3.8) is 0 Å². The number of pyridine rings is 1. The number of nitrogens with zero attached hydrogens (tertiary/aromatic N) is 2. The van der Waals surface area contributed by atoms with Crippen LogP contribution in [0, 0.1) is 0 Å². The van der Waals surface area contributed by atoms with Crippen LogP contribution in [0.1, 0.15) is 45.0 Å². The first-order valence-corrected chi connectivity index (χ1v) is 6.24. The van der Waals surface area contributed by atoms with Crippen LogP contribution in [0.3, 0.4) is 0 Å². The lowest BCUT2D eigenvalue weighted by Crippen LogP contribution is -2.18. The number of hydrogen-bond donors (Lipinski definition) is 0. The van der Waals surface area contributed by atoms with Gasteiger partial charge >= 0.3 is 0 Å². The van der Waals surface area contributed by atoms with Crippen LogP contribution < -0.4 is 0 Å². The molecule has 0 amide bonds. The Labute approximate surface area is 102 Å². The van der Waals surface area contributed by atoms with Crippen LogP contribution in [0.5, 0.6) is 0 Å². The molecule has 0 aromatic carbocycles. The minimum Gasteiger partial charge on any atom is -0.300 e. The summed E-state index contributed by atoms with van der Waals surface area (Å²) in [7, 11) is 0. The maximum Gasteiger partial charge on any atom is 0.137 e. The van der Waals surface area contributed by atoms with Gasteiger partial charge in [-0.1, -0.05) is 26.0 Å². The van der Waals surface area contributed by atoms with Crippen LogP contribution in [0.4, 0.5) is 0 Å². The predicted molar refractivity (Wildman–Crippen MR) is 71.1 cm³/mol. The molecule has 0 N–H and O–H groups in total. The first kappa shape index (κ1) is 10.6. The van der Waals surface area contributed by atoms with Gasteiger partial charge in [0.15, 0.2) is 0 Å². The number of imidazole rings is 1. The van der Waals surface area contributed by atoms with Gasteiger partial charge in [-0.05, 0) is 37.5 Å². The fourth-order valence-corrected chi connectivity index (χ4v) is 2.71. The summed E-state index contributed by atoms with van der Waals surface area (Å²) < 4.78 is 2.22. The van der Waals surface area contributed by atoms with Crippen molar-refractivity contribution in [3.05, 3.63) is 41.9 Å². The van der Waals surface area contributed by atoms with Gasteiger partial charge in [0.05, 0.1) is 11.4 Å². The van der Waals surface area contributed by atoms with E-state index in [4.69, 9.17) is 4.98 Å². The third-order valence-corrected chi connectivity index (χ3v) is 3.76. The topological polar surface area (TPSA) is 17.3 Å². The summed E-state index contributed by atoms with van der Waals surface area (Å²) in [6, 6.07) is 6.20. The lowest BCUT2D eigenvalue weighted by atomic mass is 9.84. The van der Waals surface area contributed by atoms with Gasteiger partial charge in [0, 0.05) is 11.6 Å². The molecule has 2 nitrogen and oxygen atoms in total. The zero-order valence-corrected chi connectivity index (χ0v) is 10.7. The third kappa shape index (κ3) is 1.51. The van der Waals surface area contributed by atoms with Crippen molar-refractivity contribution in [2.75, 3.05) is 0 Å². The van der Waals surface area contributed by atoms with Gasteiger partial charge < -0.3 is 0 Å². The minimum atomic E-state index is 0.162. The van der Waals surface area contributed by atoms with Crippen molar-refractivity contribution in [1.29, 1.82) is 0 Å². The Morgan fingerprint density at radius 3 is 2.94 bits per heavy atom. The second-order valence-electron chi connectivity index (χ2n) is 5.55. The van der Waals surface area contributed by atoms with E-state index in [0.717, 1.165) is 12.1 Å². The Kier molecular flexibility index (Phi) is 2.15. The van der Waals surface area contributed by atoms with Crippen LogP contribution >= 0.6 is 0 Å². The van der Waals surface area contributed by atoms with Crippen molar-refractivity contribution < 1.29 is 0 Å². The molecule has 0 saturated heterocycles. The minimum absolute atomic E-state index is 0.162. The van der Waals surface area contributed by atoms with E-state index in [0.29, 0.717) is 0 Å². The molecule has 0 spiro atoms. The first-order chi connectivity index (χ1) is 8.09. The van der Waals surface area contributed by atoms with Gasteiger partial charge in [0.2, 0.25) is 0 Å². The van der Waals surface area contributed by atoms with Crippen LogP contribution in [-0.4, -0.2) is 9.38 Å². The van der Waals surface area contributed by atoms with Crippen LogP contribution in [0.25, 0.3) is 11.2 Å². The van der Waals surface area contributed by atoms with Gasteiger partial charge in [-0.3, -0.25) is 4.40 Å². The Morgan fingerprint density at radius 1 is 1.29 bits per heavy atom. The standard InChI is InChI=1S/C15H18N2/c1-11-7-6-9-15(2,3)14-13(11)17-10-5-4-8-12(17)16-14/h4-5,7-8,10H,6,9H2,1-3H3. The van der Waals surface area contributed by atoms with Crippen LogP contribution in [0.2, 0.25) is 0 Å². The van der Waals surface area contributed by atoms with E-state index >= 15 is 0 Å². The van der Waals surface area contributed by atoms with E-state index in [1.54, 1.807) is 0 Å². The van der Waals surface area contributed by atoms with Crippen LogP contribution in [-0.2, 0) is 5.41 Å². The zero-order chi connectivity index (χ0) is 12.0. The highest BCUT2D eigenvalue weighted by Gasteiger charge is 2.30. The van der Waals surface area contributed by atoms with Gasteiger partial charge in [0.1, 0.15) is 5.65 Å². The third-order valence-electron chi connectivity index (χ3n) is 3.76. The molecule has 3 rings (SSSR count). The van der Waals surface area contributed by atoms with Gasteiger partial charge in [-0.25, -0.2) is 4.98 Å². The molecule has 2 aromatic rings. The normalized spacial score (nSPS) is 18.6. The second-order valence-corrected chi connectivity index (χ2v) is 5.55. The maximum absolute atomic E-state index is 4.84. The van der Waals surface area contributed by atoms with E-state index in [1.165, 1.54) is 23.4 Å². The molecule has 2 aromatic heterocycles. The van der Waals surface area contributed by atoms with Crippen LogP contribution in [0.15, 0.2) is 30.5 Å². The Morgan fingerprint density at radius 2 is 2.12 bits per heavy atom.